The molecule has 2 atom stereocenters. The molecule has 5 nitrogen and oxygen atoms in total. The molecule has 0 saturated heterocycles. The number of carboxylic acid groups (broad SMARTS) is 1. The lowest BCUT2D eigenvalue weighted by Gasteiger charge is -2.20. The number of carbonyl (C=O) groups is 1. The summed E-state index contributed by atoms with van der Waals surface area (Å²) in [6, 6.07) is 3.42. The summed E-state index contributed by atoms with van der Waals surface area (Å²) in [5, 5.41) is 19.4. The van der Waals surface area contributed by atoms with Crippen molar-refractivity contribution in [3.05, 3.63) is 23.3 Å². The first-order chi connectivity index (χ1) is 9.10. The number of hydrogen-bond donors (Lipinski definition) is 2. The smallest absolute Gasteiger partial charge is 0.309 e. The van der Waals surface area contributed by atoms with Crippen LogP contribution in [0.15, 0.2) is 12.1 Å². The van der Waals surface area contributed by atoms with Gasteiger partial charge in [-0.05, 0) is 30.9 Å². The first-order valence-corrected chi connectivity index (χ1v) is 6.24. The van der Waals surface area contributed by atoms with Crippen LogP contribution in [0.5, 0.6) is 11.5 Å². The van der Waals surface area contributed by atoms with E-state index in [9.17, 15) is 15.0 Å². The van der Waals surface area contributed by atoms with E-state index in [1.165, 1.54) is 0 Å². The second kappa shape index (κ2) is 5.48. The number of aliphatic hydroxyl groups is 1. The number of benzene rings is 1. The number of hydrogen-bond acceptors (Lipinski definition) is 4. The molecule has 1 aliphatic rings. The fraction of sp³-hybridized carbons (Fsp3) is 0.500. The van der Waals surface area contributed by atoms with Crippen LogP contribution in [-0.2, 0) is 11.2 Å². The molecule has 0 spiro atoms. The number of carboxylic acids is 1. The molecule has 0 radical (unpaired) electrons. The maximum Gasteiger partial charge on any atom is 0.309 e. The van der Waals surface area contributed by atoms with Crippen LogP contribution in [0, 0.1) is 5.92 Å². The SMILES string of the molecule is COc1ccc2c(c1OC)CCCC(C(=O)O)C2O. The van der Waals surface area contributed by atoms with Gasteiger partial charge in [0.15, 0.2) is 11.5 Å². The highest BCUT2D eigenvalue weighted by molar-refractivity contribution is 5.71. The highest BCUT2D eigenvalue weighted by Crippen LogP contribution is 2.41. The number of aliphatic hydroxyl groups excluding tert-OH is 1. The van der Waals surface area contributed by atoms with Crippen molar-refractivity contribution in [2.24, 2.45) is 5.92 Å². The zero-order valence-corrected chi connectivity index (χ0v) is 11.0. The average molecular weight is 266 g/mol. The summed E-state index contributed by atoms with van der Waals surface area (Å²) >= 11 is 0. The van der Waals surface area contributed by atoms with Crippen LogP contribution in [0.25, 0.3) is 0 Å². The third kappa shape index (κ3) is 2.38. The molecule has 5 heteroatoms. The molecule has 1 aromatic carbocycles. The van der Waals surface area contributed by atoms with Crippen molar-refractivity contribution in [2.45, 2.75) is 25.4 Å². The molecular weight excluding hydrogens is 248 g/mol. The highest BCUT2D eigenvalue weighted by Gasteiger charge is 2.33. The van der Waals surface area contributed by atoms with Gasteiger partial charge in [-0.15, -0.1) is 0 Å². The number of fused-ring (bicyclic) bond motifs is 1. The maximum atomic E-state index is 11.2. The fourth-order valence-electron chi connectivity index (χ4n) is 2.67. The number of ether oxygens (including phenoxy) is 2. The predicted molar refractivity (Wildman–Crippen MR) is 68.6 cm³/mol. The van der Waals surface area contributed by atoms with Crippen molar-refractivity contribution in [2.75, 3.05) is 14.2 Å². The predicted octanol–water partition coefficient (Wildman–Crippen LogP) is 1.77. The summed E-state index contributed by atoms with van der Waals surface area (Å²) in [6.45, 7) is 0. The van der Waals surface area contributed by atoms with Gasteiger partial charge >= 0.3 is 5.97 Å². The Balaban J connectivity index is 2.52. The molecule has 0 fully saturated rings. The summed E-state index contributed by atoms with van der Waals surface area (Å²) < 4.78 is 10.6. The van der Waals surface area contributed by atoms with E-state index in [1.807, 2.05) is 0 Å². The third-order valence-electron chi connectivity index (χ3n) is 3.64. The summed E-state index contributed by atoms with van der Waals surface area (Å²) in [6.07, 6.45) is 0.826. The Morgan fingerprint density at radius 2 is 2.05 bits per heavy atom. The second-order valence-electron chi connectivity index (χ2n) is 4.65. The van der Waals surface area contributed by atoms with Crippen molar-refractivity contribution in [1.82, 2.24) is 0 Å². The van der Waals surface area contributed by atoms with Crippen LogP contribution >= 0.6 is 0 Å². The Morgan fingerprint density at radius 3 is 2.63 bits per heavy atom. The van der Waals surface area contributed by atoms with Gasteiger partial charge in [0.25, 0.3) is 0 Å². The Kier molecular flexibility index (Phi) is 3.95. The number of rotatable bonds is 3. The van der Waals surface area contributed by atoms with Crippen molar-refractivity contribution in [3.63, 3.8) is 0 Å². The lowest BCUT2D eigenvalue weighted by atomic mass is 9.93. The Labute approximate surface area is 111 Å². The van der Waals surface area contributed by atoms with E-state index in [0.29, 0.717) is 36.3 Å². The monoisotopic (exact) mass is 266 g/mol. The molecule has 1 aliphatic carbocycles. The van der Waals surface area contributed by atoms with Crippen molar-refractivity contribution in [3.8, 4) is 11.5 Å². The van der Waals surface area contributed by atoms with E-state index in [0.717, 1.165) is 5.56 Å². The molecule has 1 aromatic rings. The third-order valence-corrected chi connectivity index (χ3v) is 3.64. The lowest BCUT2D eigenvalue weighted by molar-refractivity contribution is -0.146. The van der Waals surface area contributed by atoms with E-state index in [4.69, 9.17) is 9.47 Å². The van der Waals surface area contributed by atoms with Crippen molar-refractivity contribution < 1.29 is 24.5 Å². The van der Waals surface area contributed by atoms with Crippen LogP contribution in [0.2, 0.25) is 0 Å². The molecule has 2 unspecified atom stereocenters. The molecule has 2 rings (SSSR count). The second-order valence-corrected chi connectivity index (χ2v) is 4.65. The van der Waals surface area contributed by atoms with Gasteiger partial charge in [0.05, 0.1) is 26.2 Å². The van der Waals surface area contributed by atoms with Crippen LogP contribution in [0.1, 0.15) is 30.1 Å². The first kappa shape index (κ1) is 13.7. The van der Waals surface area contributed by atoms with Gasteiger partial charge in [0.2, 0.25) is 0 Å². The van der Waals surface area contributed by atoms with Crippen LogP contribution in [0.3, 0.4) is 0 Å². The first-order valence-electron chi connectivity index (χ1n) is 6.24. The molecule has 0 bridgehead atoms. The van der Waals surface area contributed by atoms with E-state index in [1.54, 1.807) is 26.4 Å². The highest BCUT2D eigenvalue weighted by atomic mass is 16.5. The summed E-state index contributed by atoms with van der Waals surface area (Å²) in [5.41, 5.74) is 1.47. The largest absolute Gasteiger partial charge is 0.493 e. The zero-order valence-electron chi connectivity index (χ0n) is 11.0. The minimum Gasteiger partial charge on any atom is -0.493 e. The maximum absolute atomic E-state index is 11.2. The van der Waals surface area contributed by atoms with Gasteiger partial charge in [0.1, 0.15) is 0 Å². The van der Waals surface area contributed by atoms with E-state index < -0.39 is 18.0 Å². The van der Waals surface area contributed by atoms with Gasteiger partial charge in [0, 0.05) is 5.56 Å². The zero-order chi connectivity index (χ0) is 14.0. The van der Waals surface area contributed by atoms with Crippen LogP contribution < -0.4 is 9.47 Å². The molecule has 0 saturated carbocycles. The normalized spacial score (nSPS) is 22.3. The van der Waals surface area contributed by atoms with Gasteiger partial charge in [-0.1, -0.05) is 6.07 Å². The van der Waals surface area contributed by atoms with Crippen molar-refractivity contribution >= 4 is 5.97 Å². The Morgan fingerprint density at radius 1 is 1.32 bits per heavy atom. The molecule has 2 N–H and O–H groups in total. The number of methoxy groups -OCH3 is 2. The lowest BCUT2D eigenvalue weighted by Crippen LogP contribution is -2.21. The van der Waals surface area contributed by atoms with Gasteiger partial charge in [-0.3, -0.25) is 4.79 Å². The van der Waals surface area contributed by atoms with Crippen LogP contribution in [-0.4, -0.2) is 30.4 Å². The molecule has 0 aromatic heterocycles. The van der Waals surface area contributed by atoms with E-state index in [2.05, 4.69) is 0 Å². The summed E-state index contributed by atoms with van der Waals surface area (Å²) in [5.74, 6) is -0.540. The molecule has 0 heterocycles. The molecule has 19 heavy (non-hydrogen) atoms. The Hall–Kier alpha value is -1.75. The van der Waals surface area contributed by atoms with Gasteiger partial charge in [-0.25, -0.2) is 0 Å². The minimum atomic E-state index is -1.00. The topological polar surface area (TPSA) is 76.0 Å². The van der Waals surface area contributed by atoms with Crippen molar-refractivity contribution in [1.29, 1.82) is 0 Å². The average Bonchev–Trinajstić information content (AvgIpc) is 2.57. The molecule has 0 amide bonds. The minimum absolute atomic E-state index is 0.455. The van der Waals surface area contributed by atoms with E-state index in [-0.39, 0.29) is 0 Å². The number of aliphatic carboxylic acids is 1. The Bertz CT molecular complexity index is 483. The quantitative estimate of drug-likeness (QED) is 0.815. The van der Waals surface area contributed by atoms with Crippen LogP contribution in [0.4, 0.5) is 0 Å². The van der Waals surface area contributed by atoms with Gasteiger partial charge in [-0.2, -0.15) is 0 Å². The summed E-state index contributed by atoms with van der Waals surface area (Å²) in [4.78, 5) is 11.2. The standard InChI is InChI=1S/C14H18O5/c1-18-11-7-6-8-9(13(11)19-2)4-3-5-10(12(8)15)14(16)17/h6-7,10,12,15H,3-5H2,1-2H3,(H,16,17). The molecule has 0 aliphatic heterocycles. The fourth-order valence-corrected chi connectivity index (χ4v) is 2.67. The summed E-state index contributed by atoms with van der Waals surface area (Å²) in [7, 11) is 3.10. The molecular formula is C14H18O5. The van der Waals surface area contributed by atoms with E-state index >= 15 is 0 Å². The van der Waals surface area contributed by atoms with Gasteiger partial charge < -0.3 is 19.7 Å². The molecule has 104 valence electrons.